The topological polar surface area (TPSA) is 76.9 Å². The first-order valence-electron chi connectivity index (χ1n) is 7.51. The molecule has 1 atom stereocenters. The van der Waals surface area contributed by atoms with Gasteiger partial charge < -0.3 is 4.57 Å². The van der Waals surface area contributed by atoms with Crippen LogP contribution in [-0.2, 0) is 16.6 Å². The van der Waals surface area contributed by atoms with Crippen LogP contribution in [0.15, 0.2) is 47.5 Å². The second-order valence-electron chi connectivity index (χ2n) is 5.36. The Hall–Kier alpha value is -1.96. The van der Waals surface area contributed by atoms with E-state index in [-0.39, 0.29) is 4.90 Å². The molecule has 24 heavy (non-hydrogen) atoms. The summed E-state index contributed by atoms with van der Waals surface area (Å²) in [5, 5.41) is 0.487. The van der Waals surface area contributed by atoms with Crippen LogP contribution in [0, 0.1) is 0 Å². The number of hydrogen-bond donors (Lipinski definition) is 1. The van der Waals surface area contributed by atoms with E-state index in [9.17, 15) is 8.42 Å². The van der Waals surface area contributed by atoms with Crippen LogP contribution >= 0.6 is 11.6 Å². The van der Waals surface area contributed by atoms with Crippen LogP contribution in [0.4, 0.5) is 0 Å². The summed E-state index contributed by atoms with van der Waals surface area (Å²) in [7, 11) is -3.67. The molecule has 0 aliphatic rings. The number of pyridine rings is 1. The van der Waals surface area contributed by atoms with E-state index < -0.39 is 16.1 Å². The van der Waals surface area contributed by atoms with Crippen LogP contribution in [0.2, 0.25) is 5.02 Å². The predicted octanol–water partition coefficient (Wildman–Crippen LogP) is 3.14. The highest BCUT2D eigenvalue weighted by Crippen LogP contribution is 2.22. The van der Waals surface area contributed by atoms with E-state index in [2.05, 4.69) is 14.7 Å². The van der Waals surface area contributed by atoms with Crippen molar-refractivity contribution in [2.75, 3.05) is 0 Å². The Kier molecular flexibility index (Phi) is 4.58. The van der Waals surface area contributed by atoms with Crippen molar-refractivity contribution in [2.45, 2.75) is 31.3 Å². The number of nitrogens with zero attached hydrogens (tertiary/aromatic N) is 3. The van der Waals surface area contributed by atoms with Crippen molar-refractivity contribution in [1.29, 1.82) is 0 Å². The molecule has 126 valence electrons. The minimum atomic E-state index is -3.67. The highest BCUT2D eigenvalue weighted by atomic mass is 35.5. The van der Waals surface area contributed by atoms with Crippen molar-refractivity contribution in [3.8, 4) is 0 Å². The maximum absolute atomic E-state index is 12.5. The Balaban J connectivity index is 1.95. The number of halogens is 1. The maximum atomic E-state index is 12.5. The van der Waals surface area contributed by atoms with E-state index in [4.69, 9.17) is 11.6 Å². The van der Waals surface area contributed by atoms with Crippen molar-refractivity contribution >= 4 is 32.8 Å². The van der Waals surface area contributed by atoms with Gasteiger partial charge in [0, 0.05) is 17.8 Å². The molecular formula is C16H17ClN4O2S. The molecule has 0 saturated heterocycles. The third-order valence-electron chi connectivity index (χ3n) is 3.71. The number of aryl methyl sites for hydroxylation is 1. The molecule has 1 unspecified atom stereocenters. The van der Waals surface area contributed by atoms with Crippen LogP contribution in [-0.4, -0.2) is 23.0 Å². The van der Waals surface area contributed by atoms with Gasteiger partial charge in [0.2, 0.25) is 10.0 Å². The van der Waals surface area contributed by atoms with Gasteiger partial charge in [-0.2, -0.15) is 0 Å². The fraction of sp³-hybridized carbons (Fsp3) is 0.250. The lowest BCUT2D eigenvalue weighted by Crippen LogP contribution is -2.28. The summed E-state index contributed by atoms with van der Waals surface area (Å²) >= 11 is 5.81. The van der Waals surface area contributed by atoms with E-state index in [0.717, 1.165) is 5.52 Å². The van der Waals surface area contributed by atoms with Gasteiger partial charge in [-0.25, -0.2) is 23.1 Å². The Morgan fingerprint density at radius 1 is 1.25 bits per heavy atom. The van der Waals surface area contributed by atoms with Crippen LogP contribution in [0.1, 0.15) is 25.7 Å². The molecule has 2 aromatic heterocycles. The zero-order valence-corrected chi connectivity index (χ0v) is 14.8. The molecule has 3 rings (SSSR count). The van der Waals surface area contributed by atoms with Crippen LogP contribution < -0.4 is 4.72 Å². The molecule has 2 heterocycles. The van der Waals surface area contributed by atoms with Gasteiger partial charge in [-0.1, -0.05) is 11.6 Å². The lowest BCUT2D eigenvalue weighted by molar-refractivity contribution is 0.549. The number of hydrogen-bond acceptors (Lipinski definition) is 4. The fourth-order valence-corrected chi connectivity index (χ4v) is 3.94. The second-order valence-corrected chi connectivity index (χ2v) is 7.51. The monoisotopic (exact) mass is 364 g/mol. The molecule has 3 aromatic rings. The van der Waals surface area contributed by atoms with Gasteiger partial charge in [-0.3, -0.25) is 0 Å². The minimum absolute atomic E-state index is 0.163. The zero-order valence-electron chi connectivity index (χ0n) is 13.3. The van der Waals surface area contributed by atoms with E-state index in [1.54, 1.807) is 25.3 Å². The van der Waals surface area contributed by atoms with Gasteiger partial charge >= 0.3 is 0 Å². The first-order valence-corrected chi connectivity index (χ1v) is 9.37. The third kappa shape index (κ3) is 3.15. The van der Waals surface area contributed by atoms with Gasteiger partial charge in [0.05, 0.1) is 16.5 Å². The molecule has 0 radical (unpaired) electrons. The molecule has 0 spiro atoms. The van der Waals surface area contributed by atoms with E-state index in [1.807, 2.05) is 23.6 Å². The first-order chi connectivity index (χ1) is 11.4. The van der Waals surface area contributed by atoms with Crippen molar-refractivity contribution in [3.05, 3.63) is 53.4 Å². The summed E-state index contributed by atoms with van der Waals surface area (Å²) < 4.78 is 29.7. The molecule has 1 N–H and O–H groups in total. The molecule has 0 bridgehead atoms. The Labute approximate surface area is 145 Å². The number of aromatic nitrogens is 3. The number of benzene rings is 1. The number of fused-ring (bicyclic) bond motifs is 1. The molecule has 1 aromatic carbocycles. The average Bonchev–Trinajstić information content (AvgIpc) is 2.93. The minimum Gasteiger partial charge on any atom is -0.326 e. The molecule has 0 saturated carbocycles. The van der Waals surface area contributed by atoms with Gasteiger partial charge in [-0.15, -0.1) is 0 Å². The molecular weight excluding hydrogens is 348 g/mol. The summed E-state index contributed by atoms with van der Waals surface area (Å²) in [6.45, 7) is 4.42. The second kappa shape index (κ2) is 6.51. The predicted molar refractivity (Wildman–Crippen MR) is 93.4 cm³/mol. The van der Waals surface area contributed by atoms with Gasteiger partial charge in [0.25, 0.3) is 0 Å². The van der Waals surface area contributed by atoms with Gasteiger partial charge in [0.1, 0.15) is 5.82 Å². The quantitative estimate of drug-likeness (QED) is 0.754. The third-order valence-corrected chi connectivity index (χ3v) is 5.52. The SMILES string of the molecule is CCn1c(C(C)NS(=O)(=O)c2ccc(Cl)cc2)nc2ncccc21. The Morgan fingerprint density at radius 2 is 1.96 bits per heavy atom. The molecule has 0 fully saturated rings. The highest BCUT2D eigenvalue weighted by molar-refractivity contribution is 7.89. The molecule has 6 nitrogen and oxygen atoms in total. The van der Waals surface area contributed by atoms with Crippen molar-refractivity contribution in [2.24, 2.45) is 0 Å². The van der Waals surface area contributed by atoms with Crippen molar-refractivity contribution in [1.82, 2.24) is 19.3 Å². The van der Waals surface area contributed by atoms with Crippen molar-refractivity contribution in [3.63, 3.8) is 0 Å². The van der Waals surface area contributed by atoms with E-state index in [0.29, 0.717) is 23.0 Å². The van der Waals surface area contributed by atoms with Gasteiger partial charge in [0.15, 0.2) is 5.65 Å². The average molecular weight is 365 g/mol. The smallest absolute Gasteiger partial charge is 0.241 e. The molecule has 8 heteroatoms. The molecule has 0 aliphatic heterocycles. The van der Waals surface area contributed by atoms with Crippen LogP contribution in [0.5, 0.6) is 0 Å². The lowest BCUT2D eigenvalue weighted by atomic mass is 10.3. The van der Waals surface area contributed by atoms with Crippen molar-refractivity contribution < 1.29 is 8.42 Å². The number of sulfonamides is 1. The van der Waals surface area contributed by atoms with Gasteiger partial charge in [-0.05, 0) is 50.2 Å². The van der Waals surface area contributed by atoms with Crippen LogP contribution in [0.25, 0.3) is 11.2 Å². The summed E-state index contributed by atoms with van der Waals surface area (Å²) in [4.78, 5) is 8.88. The summed E-state index contributed by atoms with van der Waals surface area (Å²) in [5.74, 6) is 0.628. The van der Waals surface area contributed by atoms with E-state index >= 15 is 0 Å². The van der Waals surface area contributed by atoms with E-state index in [1.165, 1.54) is 12.1 Å². The largest absolute Gasteiger partial charge is 0.326 e. The molecule has 0 amide bonds. The first kappa shape index (κ1) is 16.9. The standard InChI is InChI=1S/C16H17ClN4O2S/c1-3-21-14-5-4-10-18-15(14)19-16(21)11(2)20-24(22,23)13-8-6-12(17)7-9-13/h4-11,20H,3H2,1-2H3. The fourth-order valence-electron chi connectivity index (χ4n) is 2.61. The summed E-state index contributed by atoms with van der Waals surface area (Å²) in [6.07, 6.45) is 1.67. The number of nitrogens with one attached hydrogen (secondary N) is 1. The number of rotatable bonds is 5. The summed E-state index contributed by atoms with van der Waals surface area (Å²) in [5.41, 5.74) is 1.49. The normalized spacial score (nSPS) is 13.3. The Bertz CT molecular complexity index is 967. The zero-order chi connectivity index (χ0) is 17.3. The summed E-state index contributed by atoms with van der Waals surface area (Å²) in [6, 6.07) is 9.30. The number of imidazole rings is 1. The Morgan fingerprint density at radius 3 is 2.62 bits per heavy atom. The molecule has 0 aliphatic carbocycles. The maximum Gasteiger partial charge on any atom is 0.241 e. The van der Waals surface area contributed by atoms with Crippen LogP contribution in [0.3, 0.4) is 0 Å². The highest BCUT2D eigenvalue weighted by Gasteiger charge is 2.22. The lowest BCUT2D eigenvalue weighted by Gasteiger charge is -2.15.